The minimum absolute atomic E-state index is 0.119. The Labute approximate surface area is 330 Å². The molecule has 13 nitrogen and oxygen atoms in total. The molecule has 1 fully saturated rings. The number of carbonyl (C=O) groups excluding carboxylic acids is 5. The third kappa shape index (κ3) is 11.6. The molecule has 2 N–H and O–H groups in total. The molecular formula is C42H46F2N6O7. The van der Waals surface area contributed by atoms with Gasteiger partial charge in [-0.15, -0.1) is 0 Å². The van der Waals surface area contributed by atoms with Gasteiger partial charge in [0.2, 0.25) is 29.5 Å². The summed E-state index contributed by atoms with van der Waals surface area (Å²) in [7, 11) is 6.19. The summed E-state index contributed by atoms with van der Waals surface area (Å²) in [6, 6.07) is 23.6. The molecule has 5 rings (SSSR count). The van der Waals surface area contributed by atoms with Crippen LogP contribution in [0.25, 0.3) is 0 Å². The molecule has 5 amide bonds. The number of nitrogens with zero attached hydrogens (tertiary/aromatic N) is 4. The fourth-order valence-electron chi connectivity index (χ4n) is 6.46. The predicted molar refractivity (Wildman–Crippen MR) is 210 cm³/mol. The van der Waals surface area contributed by atoms with E-state index in [-0.39, 0.29) is 57.0 Å². The van der Waals surface area contributed by atoms with Crippen molar-refractivity contribution in [1.29, 1.82) is 0 Å². The molecule has 4 aromatic carbocycles. The van der Waals surface area contributed by atoms with Gasteiger partial charge in [0, 0.05) is 57.5 Å². The number of hydrogen-bond acceptors (Lipinski definition) is 8. The number of piperazine rings is 1. The third-order valence-electron chi connectivity index (χ3n) is 9.59. The number of carbonyl (C=O) groups is 5. The van der Waals surface area contributed by atoms with E-state index in [4.69, 9.17) is 9.47 Å². The molecule has 2 atom stereocenters. The van der Waals surface area contributed by atoms with Gasteiger partial charge >= 0.3 is 0 Å². The summed E-state index contributed by atoms with van der Waals surface area (Å²) in [5, 5.41) is 5.51. The zero-order valence-corrected chi connectivity index (χ0v) is 32.2. The van der Waals surface area contributed by atoms with E-state index in [9.17, 15) is 32.8 Å². The van der Waals surface area contributed by atoms with Crippen LogP contribution >= 0.6 is 0 Å². The standard InChI is InChI=1S/C42H46F2N6O7/c1-47(32-10-14-34(56-3)15-11-32)41(54)36(22-28-8-6-5-7-9-28)46-39(52)26-50-19-18-49(27-40(50)53)25-38(51)45-37(23-29-20-30(43)24-31(44)21-29)42(55)48(2)33-12-16-35(57-4)17-13-33/h5-17,20-21,24,36-37H,18-19,22-23,25-27H2,1-4H3,(H,45,51)(H,46,52)/t36-,37-/m0/s1. The summed E-state index contributed by atoms with van der Waals surface area (Å²) in [6.07, 6.45) is 0.0154. The molecule has 0 radical (unpaired) electrons. The van der Waals surface area contributed by atoms with Crippen molar-refractivity contribution >= 4 is 40.9 Å². The number of nitrogens with one attached hydrogen (secondary N) is 2. The summed E-state index contributed by atoms with van der Waals surface area (Å²) in [6.45, 7) is -0.397. The molecule has 1 aliphatic rings. The quantitative estimate of drug-likeness (QED) is 0.177. The summed E-state index contributed by atoms with van der Waals surface area (Å²) < 4.78 is 38.6. The molecule has 1 heterocycles. The number of methoxy groups -OCH3 is 2. The molecule has 0 aliphatic carbocycles. The Morgan fingerprint density at radius 3 is 1.61 bits per heavy atom. The van der Waals surface area contributed by atoms with E-state index in [2.05, 4.69) is 10.6 Å². The SMILES string of the molecule is COc1ccc(N(C)C(=O)[C@H](Cc2cc(F)cc(F)c2)NC(=O)CN2CCN(CC(=O)N[C@@H](Cc3ccccc3)C(=O)N(C)c3ccc(OC)cc3)C(=O)C2)cc1. The van der Waals surface area contributed by atoms with Crippen LogP contribution in [0.2, 0.25) is 0 Å². The fraction of sp³-hybridized carbons (Fsp3) is 0.310. The van der Waals surface area contributed by atoms with Crippen LogP contribution < -0.4 is 29.9 Å². The molecule has 0 bridgehead atoms. The van der Waals surface area contributed by atoms with Crippen LogP contribution in [-0.2, 0) is 36.8 Å². The van der Waals surface area contributed by atoms with Crippen molar-refractivity contribution in [2.45, 2.75) is 24.9 Å². The van der Waals surface area contributed by atoms with Gasteiger partial charge in [-0.2, -0.15) is 0 Å². The Morgan fingerprint density at radius 2 is 1.14 bits per heavy atom. The van der Waals surface area contributed by atoms with Gasteiger partial charge in [0.1, 0.15) is 35.2 Å². The Balaban J connectivity index is 1.20. The molecule has 0 aromatic heterocycles. The first kappa shape index (κ1) is 41.8. The number of likely N-dealkylation sites (N-methyl/N-ethyl adjacent to an activating group) is 2. The first-order valence-corrected chi connectivity index (χ1v) is 18.2. The number of anilines is 2. The highest BCUT2D eigenvalue weighted by Gasteiger charge is 2.31. The van der Waals surface area contributed by atoms with E-state index in [1.54, 1.807) is 67.6 Å². The lowest BCUT2D eigenvalue weighted by Crippen LogP contribution is -2.57. The van der Waals surface area contributed by atoms with Crippen molar-refractivity contribution in [2.24, 2.45) is 0 Å². The maximum atomic E-state index is 14.1. The van der Waals surface area contributed by atoms with E-state index in [1.165, 1.54) is 28.9 Å². The van der Waals surface area contributed by atoms with Crippen molar-refractivity contribution in [2.75, 3.05) is 70.8 Å². The van der Waals surface area contributed by atoms with E-state index in [0.717, 1.165) is 17.7 Å². The first-order chi connectivity index (χ1) is 27.3. The van der Waals surface area contributed by atoms with Gasteiger partial charge in [-0.25, -0.2) is 8.78 Å². The number of ether oxygens (including phenoxy) is 2. The van der Waals surface area contributed by atoms with Crippen LogP contribution in [0.15, 0.2) is 97.1 Å². The maximum absolute atomic E-state index is 14.1. The smallest absolute Gasteiger partial charge is 0.249 e. The van der Waals surface area contributed by atoms with Crippen LogP contribution in [0, 0.1) is 11.6 Å². The van der Waals surface area contributed by atoms with Crippen LogP contribution in [0.3, 0.4) is 0 Å². The van der Waals surface area contributed by atoms with Gasteiger partial charge in [-0.05, 0) is 71.8 Å². The molecule has 15 heteroatoms. The van der Waals surface area contributed by atoms with Gasteiger partial charge in [-0.3, -0.25) is 28.9 Å². The minimum Gasteiger partial charge on any atom is -0.497 e. The predicted octanol–water partition coefficient (Wildman–Crippen LogP) is 3.21. The molecule has 1 saturated heterocycles. The fourth-order valence-corrected chi connectivity index (χ4v) is 6.46. The van der Waals surface area contributed by atoms with Crippen molar-refractivity contribution in [1.82, 2.24) is 20.4 Å². The zero-order chi connectivity index (χ0) is 41.1. The second-order valence-corrected chi connectivity index (χ2v) is 13.6. The second kappa shape index (κ2) is 19.5. The lowest BCUT2D eigenvalue weighted by Gasteiger charge is -2.34. The molecule has 1 aliphatic heterocycles. The normalized spacial score (nSPS) is 13.9. The van der Waals surface area contributed by atoms with Crippen LogP contribution in [0.4, 0.5) is 20.2 Å². The lowest BCUT2D eigenvalue weighted by atomic mass is 10.0. The molecular weight excluding hydrogens is 738 g/mol. The van der Waals surface area contributed by atoms with Crippen molar-refractivity contribution in [3.63, 3.8) is 0 Å². The van der Waals surface area contributed by atoms with Crippen molar-refractivity contribution < 1.29 is 42.2 Å². The minimum atomic E-state index is -1.21. The van der Waals surface area contributed by atoms with Gasteiger partial charge < -0.3 is 34.8 Å². The summed E-state index contributed by atoms with van der Waals surface area (Å²) >= 11 is 0. The van der Waals surface area contributed by atoms with Crippen molar-refractivity contribution in [3.05, 3.63) is 120 Å². The van der Waals surface area contributed by atoms with Gasteiger partial charge in [0.25, 0.3) is 0 Å². The highest BCUT2D eigenvalue weighted by Crippen LogP contribution is 2.21. The zero-order valence-electron chi connectivity index (χ0n) is 32.2. The molecule has 0 saturated carbocycles. The second-order valence-electron chi connectivity index (χ2n) is 13.6. The summed E-state index contributed by atoms with van der Waals surface area (Å²) in [5.74, 6) is -2.85. The monoisotopic (exact) mass is 784 g/mol. The van der Waals surface area contributed by atoms with E-state index in [0.29, 0.717) is 28.9 Å². The Bertz CT molecular complexity index is 2010. The largest absolute Gasteiger partial charge is 0.497 e. The van der Waals surface area contributed by atoms with Crippen LogP contribution in [0.5, 0.6) is 11.5 Å². The Morgan fingerprint density at radius 1 is 0.667 bits per heavy atom. The van der Waals surface area contributed by atoms with Gasteiger partial charge in [0.05, 0.1) is 33.9 Å². The molecule has 300 valence electrons. The molecule has 0 spiro atoms. The number of halogens is 2. The number of rotatable bonds is 16. The van der Waals surface area contributed by atoms with Crippen molar-refractivity contribution in [3.8, 4) is 11.5 Å². The number of hydrogen-bond donors (Lipinski definition) is 2. The third-order valence-corrected chi connectivity index (χ3v) is 9.59. The average molecular weight is 785 g/mol. The average Bonchev–Trinajstić information content (AvgIpc) is 3.20. The Hall–Kier alpha value is -6.35. The van der Waals surface area contributed by atoms with E-state index >= 15 is 0 Å². The number of benzene rings is 4. The highest BCUT2D eigenvalue weighted by atomic mass is 19.1. The van der Waals surface area contributed by atoms with E-state index < -0.39 is 47.3 Å². The van der Waals surface area contributed by atoms with Crippen LogP contribution in [-0.4, -0.2) is 112 Å². The number of amides is 5. The summed E-state index contributed by atoms with van der Waals surface area (Å²) in [4.78, 5) is 73.1. The topological polar surface area (TPSA) is 141 Å². The maximum Gasteiger partial charge on any atom is 0.249 e. The van der Waals surface area contributed by atoms with Crippen LogP contribution in [0.1, 0.15) is 11.1 Å². The highest BCUT2D eigenvalue weighted by molar-refractivity contribution is 6.00. The lowest BCUT2D eigenvalue weighted by molar-refractivity contribution is -0.141. The molecule has 4 aromatic rings. The Kier molecular flexibility index (Phi) is 14.3. The van der Waals surface area contributed by atoms with E-state index in [1.807, 2.05) is 30.3 Å². The van der Waals surface area contributed by atoms with Gasteiger partial charge in [-0.1, -0.05) is 30.3 Å². The summed E-state index contributed by atoms with van der Waals surface area (Å²) in [5.41, 5.74) is 2.10. The van der Waals surface area contributed by atoms with Gasteiger partial charge in [0.15, 0.2) is 0 Å². The molecule has 0 unspecified atom stereocenters. The first-order valence-electron chi connectivity index (χ1n) is 18.2. The molecule has 57 heavy (non-hydrogen) atoms.